The molecule has 2 nitrogen and oxygen atoms in total. The summed E-state index contributed by atoms with van der Waals surface area (Å²) < 4.78 is 0. The Bertz CT molecular complexity index is 516. The first kappa shape index (κ1) is 16.2. The molecule has 22 heavy (non-hydrogen) atoms. The molecule has 1 amide bonds. The number of carbonyl (C=O) groups is 1. The highest BCUT2D eigenvalue weighted by Gasteiger charge is 2.25. The number of thioether (sulfide) groups is 1. The second-order valence-corrected chi connectivity index (χ2v) is 8.12. The minimum Gasteiger partial charge on any atom is -0.342 e. The molecule has 0 spiro atoms. The molecule has 0 bridgehead atoms. The normalized spacial score (nSPS) is 23.5. The highest BCUT2D eigenvalue weighted by atomic mass is 35.5. The van der Waals surface area contributed by atoms with E-state index in [9.17, 15) is 4.79 Å². The average Bonchev–Trinajstić information content (AvgIpc) is 2.90. The van der Waals surface area contributed by atoms with E-state index in [-0.39, 0.29) is 0 Å². The summed E-state index contributed by atoms with van der Waals surface area (Å²) >= 11 is 8.27. The number of nitrogens with zero attached hydrogens (tertiary/aromatic N) is 1. The van der Waals surface area contributed by atoms with E-state index in [4.69, 9.17) is 11.6 Å². The second kappa shape index (κ2) is 7.74. The molecule has 1 aromatic rings. The van der Waals surface area contributed by atoms with Crippen LogP contribution in [0.4, 0.5) is 0 Å². The van der Waals surface area contributed by atoms with Crippen LogP contribution in [0.1, 0.15) is 49.3 Å². The highest BCUT2D eigenvalue weighted by Crippen LogP contribution is 2.38. The number of rotatable bonds is 3. The van der Waals surface area contributed by atoms with Crippen LogP contribution in [0.5, 0.6) is 0 Å². The van der Waals surface area contributed by atoms with Crippen LogP contribution in [-0.2, 0) is 4.79 Å². The van der Waals surface area contributed by atoms with E-state index in [2.05, 4.69) is 17.0 Å². The van der Waals surface area contributed by atoms with E-state index in [1.807, 2.05) is 23.9 Å². The molecule has 3 rings (SSSR count). The smallest absolute Gasteiger partial charge is 0.222 e. The van der Waals surface area contributed by atoms with Crippen molar-refractivity contribution < 1.29 is 4.79 Å². The first-order valence-corrected chi connectivity index (χ1v) is 9.80. The Morgan fingerprint density at radius 2 is 1.95 bits per heavy atom. The van der Waals surface area contributed by atoms with E-state index in [1.54, 1.807) is 0 Å². The molecule has 1 atom stereocenters. The van der Waals surface area contributed by atoms with Gasteiger partial charge in [0.15, 0.2) is 0 Å². The molecule has 0 aromatic heterocycles. The van der Waals surface area contributed by atoms with E-state index < -0.39 is 0 Å². The van der Waals surface area contributed by atoms with E-state index in [0.717, 1.165) is 36.7 Å². The Labute approximate surface area is 142 Å². The van der Waals surface area contributed by atoms with Crippen molar-refractivity contribution in [1.82, 2.24) is 4.90 Å². The molecule has 1 aliphatic carbocycles. The van der Waals surface area contributed by atoms with Gasteiger partial charge in [-0.05, 0) is 36.8 Å². The van der Waals surface area contributed by atoms with Gasteiger partial charge < -0.3 is 4.90 Å². The molecule has 1 saturated carbocycles. The monoisotopic (exact) mass is 337 g/mol. The number of benzene rings is 1. The van der Waals surface area contributed by atoms with Gasteiger partial charge in [-0.25, -0.2) is 0 Å². The largest absolute Gasteiger partial charge is 0.342 e. The van der Waals surface area contributed by atoms with Gasteiger partial charge in [-0.15, -0.1) is 0 Å². The Kier molecular flexibility index (Phi) is 5.70. The van der Waals surface area contributed by atoms with E-state index in [1.165, 1.54) is 31.2 Å². The first-order valence-electron chi connectivity index (χ1n) is 8.38. The Balaban J connectivity index is 1.57. The standard InChI is InChI=1S/C18H24ClNOS/c19-16-8-4-3-7-15(16)17-9-10-20(11-12-22-17)18(21)13-14-5-1-2-6-14/h3-4,7-8,14,17H,1-2,5-6,9-13H2. The second-order valence-electron chi connectivity index (χ2n) is 6.41. The van der Waals surface area contributed by atoms with Crippen LogP contribution in [-0.4, -0.2) is 29.6 Å². The van der Waals surface area contributed by atoms with Crippen LogP contribution in [0.2, 0.25) is 5.02 Å². The molecule has 1 saturated heterocycles. The Hall–Kier alpha value is -0.670. The predicted molar refractivity (Wildman–Crippen MR) is 94.4 cm³/mol. The minimum atomic E-state index is 0.368. The fourth-order valence-corrected chi connectivity index (χ4v) is 5.19. The molecule has 1 aliphatic heterocycles. The summed E-state index contributed by atoms with van der Waals surface area (Å²) in [6.45, 7) is 1.76. The van der Waals surface area contributed by atoms with Crippen molar-refractivity contribution >= 4 is 29.3 Å². The van der Waals surface area contributed by atoms with Gasteiger partial charge in [0, 0.05) is 35.5 Å². The lowest BCUT2D eigenvalue weighted by atomic mass is 10.0. The van der Waals surface area contributed by atoms with Gasteiger partial charge in [-0.1, -0.05) is 42.6 Å². The summed E-state index contributed by atoms with van der Waals surface area (Å²) in [5.41, 5.74) is 1.22. The van der Waals surface area contributed by atoms with E-state index in [0.29, 0.717) is 17.1 Å². The number of hydrogen-bond donors (Lipinski definition) is 0. The van der Waals surface area contributed by atoms with Crippen molar-refractivity contribution in [2.75, 3.05) is 18.8 Å². The molecule has 1 unspecified atom stereocenters. The molecular formula is C18H24ClNOS. The molecule has 1 aromatic carbocycles. The zero-order chi connectivity index (χ0) is 15.4. The molecule has 120 valence electrons. The zero-order valence-electron chi connectivity index (χ0n) is 13.0. The molecular weight excluding hydrogens is 314 g/mol. The summed E-state index contributed by atoms with van der Waals surface area (Å²) in [6, 6.07) is 8.11. The lowest BCUT2D eigenvalue weighted by Crippen LogP contribution is -2.33. The van der Waals surface area contributed by atoms with Crippen LogP contribution in [0.15, 0.2) is 24.3 Å². The van der Waals surface area contributed by atoms with Gasteiger partial charge in [0.25, 0.3) is 0 Å². The average molecular weight is 338 g/mol. The molecule has 2 aliphatic rings. The van der Waals surface area contributed by atoms with Gasteiger partial charge in [0.1, 0.15) is 0 Å². The molecule has 0 radical (unpaired) electrons. The number of hydrogen-bond acceptors (Lipinski definition) is 2. The number of carbonyl (C=O) groups excluding carboxylic acids is 1. The number of amides is 1. The highest BCUT2D eigenvalue weighted by molar-refractivity contribution is 7.99. The van der Waals surface area contributed by atoms with Crippen LogP contribution >= 0.6 is 23.4 Å². The van der Waals surface area contributed by atoms with Crippen molar-refractivity contribution in [3.63, 3.8) is 0 Å². The third-order valence-electron chi connectivity index (χ3n) is 4.88. The summed E-state index contributed by atoms with van der Waals surface area (Å²) in [5, 5.41) is 1.27. The Morgan fingerprint density at radius 1 is 1.18 bits per heavy atom. The van der Waals surface area contributed by atoms with Gasteiger partial charge in [0.2, 0.25) is 5.91 Å². The zero-order valence-corrected chi connectivity index (χ0v) is 14.5. The summed E-state index contributed by atoms with van der Waals surface area (Å²) in [5.74, 6) is 2.02. The fraction of sp³-hybridized carbons (Fsp3) is 0.611. The quantitative estimate of drug-likeness (QED) is 0.779. The van der Waals surface area contributed by atoms with Gasteiger partial charge in [-0.3, -0.25) is 4.79 Å². The minimum absolute atomic E-state index is 0.368. The first-order chi connectivity index (χ1) is 10.7. The molecule has 1 heterocycles. The van der Waals surface area contributed by atoms with Crippen molar-refractivity contribution in [2.45, 2.75) is 43.8 Å². The summed E-state index contributed by atoms with van der Waals surface area (Å²) in [7, 11) is 0. The van der Waals surface area contributed by atoms with Crippen molar-refractivity contribution in [3.8, 4) is 0 Å². The van der Waals surface area contributed by atoms with Crippen LogP contribution in [0, 0.1) is 5.92 Å². The van der Waals surface area contributed by atoms with Gasteiger partial charge in [-0.2, -0.15) is 11.8 Å². The SMILES string of the molecule is O=C(CC1CCCC1)N1CCSC(c2ccccc2Cl)CC1. The molecule has 2 fully saturated rings. The van der Waals surface area contributed by atoms with Crippen molar-refractivity contribution in [2.24, 2.45) is 5.92 Å². The third kappa shape index (κ3) is 3.99. The van der Waals surface area contributed by atoms with Gasteiger partial charge in [0.05, 0.1) is 0 Å². The molecule has 0 N–H and O–H groups in total. The maximum atomic E-state index is 12.5. The predicted octanol–water partition coefficient (Wildman–Crippen LogP) is 4.93. The fourth-order valence-electron chi connectivity index (χ4n) is 3.59. The Morgan fingerprint density at radius 3 is 2.73 bits per heavy atom. The maximum Gasteiger partial charge on any atom is 0.222 e. The van der Waals surface area contributed by atoms with Gasteiger partial charge >= 0.3 is 0 Å². The lowest BCUT2D eigenvalue weighted by molar-refractivity contribution is -0.131. The lowest BCUT2D eigenvalue weighted by Gasteiger charge is -2.22. The third-order valence-corrected chi connectivity index (χ3v) is 6.54. The van der Waals surface area contributed by atoms with Crippen LogP contribution < -0.4 is 0 Å². The summed E-state index contributed by atoms with van der Waals surface area (Å²) in [4.78, 5) is 14.6. The van der Waals surface area contributed by atoms with Crippen molar-refractivity contribution in [1.29, 1.82) is 0 Å². The number of halogens is 1. The van der Waals surface area contributed by atoms with Crippen molar-refractivity contribution in [3.05, 3.63) is 34.9 Å². The maximum absolute atomic E-state index is 12.5. The molecule has 4 heteroatoms. The van der Waals surface area contributed by atoms with E-state index >= 15 is 0 Å². The topological polar surface area (TPSA) is 20.3 Å². The van der Waals surface area contributed by atoms with Crippen LogP contribution in [0.3, 0.4) is 0 Å². The summed E-state index contributed by atoms with van der Waals surface area (Å²) in [6.07, 6.45) is 6.88. The van der Waals surface area contributed by atoms with Crippen LogP contribution in [0.25, 0.3) is 0 Å².